The van der Waals surface area contributed by atoms with Crippen molar-refractivity contribution in [2.75, 3.05) is 25.4 Å². The van der Waals surface area contributed by atoms with Gasteiger partial charge in [-0.2, -0.15) is 0 Å². The summed E-state index contributed by atoms with van der Waals surface area (Å²) in [7, 11) is 0. The zero-order valence-corrected chi connectivity index (χ0v) is 14.3. The highest BCUT2D eigenvalue weighted by atomic mass is 35.5. The number of halogens is 1. The fraction of sp³-hybridized carbons (Fsp3) is 0.500. The lowest BCUT2D eigenvalue weighted by Crippen LogP contribution is -2.45. The SMILES string of the molecule is CCN1C[C@@H](C(=O)NCCSc2ccc(Cl)cc2)CCC1=O. The van der Waals surface area contributed by atoms with Crippen molar-refractivity contribution in [2.45, 2.75) is 24.7 Å². The fourth-order valence-electron chi connectivity index (χ4n) is 2.45. The normalized spacial score (nSPS) is 18.4. The molecule has 1 saturated heterocycles. The van der Waals surface area contributed by atoms with E-state index in [9.17, 15) is 9.59 Å². The summed E-state index contributed by atoms with van der Waals surface area (Å²) in [5, 5.41) is 3.70. The minimum absolute atomic E-state index is 0.0580. The van der Waals surface area contributed by atoms with Crippen molar-refractivity contribution in [3.05, 3.63) is 29.3 Å². The first-order valence-electron chi connectivity index (χ1n) is 7.54. The highest BCUT2D eigenvalue weighted by molar-refractivity contribution is 7.99. The van der Waals surface area contributed by atoms with Gasteiger partial charge < -0.3 is 10.2 Å². The lowest BCUT2D eigenvalue weighted by molar-refractivity contribution is -0.138. The molecule has 22 heavy (non-hydrogen) atoms. The zero-order valence-electron chi connectivity index (χ0n) is 12.7. The molecule has 120 valence electrons. The van der Waals surface area contributed by atoms with E-state index in [1.54, 1.807) is 16.7 Å². The second-order valence-corrected chi connectivity index (χ2v) is 6.87. The molecular weight excluding hydrogens is 320 g/mol. The lowest BCUT2D eigenvalue weighted by atomic mass is 9.97. The number of thioether (sulfide) groups is 1. The number of likely N-dealkylation sites (tertiary alicyclic amines) is 1. The van der Waals surface area contributed by atoms with E-state index in [0.29, 0.717) is 32.5 Å². The third kappa shape index (κ3) is 4.92. The van der Waals surface area contributed by atoms with Gasteiger partial charge in [-0.15, -0.1) is 11.8 Å². The van der Waals surface area contributed by atoms with E-state index in [1.807, 2.05) is 31.2 Å². The minimum atomic E-state index is -0.0711. The Kier molecular flexibility index (Phi) is 6.58. The Labute approximate surface area is 140 Å². The number of hydrogen-bond donors (Lipinski definition) is 1. The summed E-state index contributed by atoms with van der Waals surface area (Å²) in [6, 6.07) is 7.67. The molecule has 0 radical (unpaired) electrons. The van der Waals surface area contributed by atoms with E-state index >= 15 is 0 Å². The molecule has 0 unspecified atom stereocenters. The first-order chi connectivity index (χ1) is 10.6. The monoisotopic (exact) mass is 340 g/mol. The average Bonchev–Trinajstić information content (AvgIpc) is 2.53. The van der Waals surface area contributed by atoms with Crippen molar-refractivity contribution in [3.8, 4) is 0 Å². The molecule has 1 aliphatic rings. The number of nitrogens with one attached hydrogen (secondary N) is 1. The van der Waals surface area contributed by atoms with Gasteiger partial charge in [-0.1, -0.05) is 11.6 Å². The second-order valence-electron chi connectivity index (χ2n) is 5.26. The number of amides is 2. The van der Waals surface area contributed by atoms with E-state index in [-0.39, 0.29) is 17.7 Å². The molecule has 6 heteroatoms. The topological polar surface area (TPSA) is 49.4 Å². The summed E-state index contributed by atoms with van der Waals surface area (Å²) in [4.78, 5) is 26.7. The van der Waals surface area contributed by atoms with Crippen LogP contribution in [0.25, 0.3) is 0 Å². The Morgan fingerprint density at radius 3 is 2.82 bits per heavy atom. The van der Waals surface area contributed by atoms with Crippen LogP contribution in [0.3, 0.4) is 0 Å². The van der Waals surface area contributed by atoms with Crippen LogP contribution in [0.4, 0.5) is 0 Å². The largest absolute Gasteiger partial charge is 0.355 e. The maximum Gasteiger partial charge on any atom is 0.224 e. The molecule has 0 aromatic heterocycles. The van der Waals surface area contributed by atoms with Crippen LogP contribution >= 0.6 is 23.4 Å². The molecule has 2 amide bonds. The summed E-state index contributed by atoms with van der Waals surface area (Å²) in [5.41, 5.74) is 0. The molecule has 1 heterocycles. The Bertz CT molecular complexity index is 521. The lowest BCUT2D eigenvalue weighted by Gasteiger charge is -2.31. The van der Waals surface area contributed by atoms with Crippen LogP contribution in [0.2, 0.25) is 5.02 Å². The highest BCUT2D eigenvalue weighted by Crippen LogP contribution is 2.20. The Morgan fingerprint density at radius 1 is 1.41 bits per heavy atom. The van der Waals surface area contributed by atoms with Crippen LogP contribution in [-0.2, 0) is 9.59 Å². The summed E-state index contributed by atoms with van der Waals surface area (Å²) in [5.74, 6) is 0.960. The van der Waals surface area contributed by atoms with E-state index in [2.05, 4.69) is 5.32 Å². The van der Waals surface area contributed by atoms with Crippen LogP contribution in [0.5, 0.6) is 0 Å². The van der Waals surface area contributed by atoms with Gasteiger partial charge in [0.2, 0.25) is 11.8 Å². The summed E-state index contributed by atoms with van der Waals surface area (Å²) >= 11 is 7.53. The zero-order chi connectivity index (χ0) is 15.9. The molecule has 1 fully saturated rings. The summed E-state index contributed by atoms with van der Waals surface area (Å²) in [6.45, 7) is 3.80. The number of carbonyl (C=O) groups is 2. The van der Waals surface area contributed by atoms with Crippen LogP contribution in [0, 0.1) is 5.92 Å². The van der Waals surface area contributed by atoms with Gasteiger partial charge >= 0.3 is 0 Å². The summed E-state index contributed by atoms with van der Waals surface area (Å²) < 4.78 is 0. The Morgan fingerprint density at radius 2 is 2.14 bits per heavy atom. The fourth-order valence-corrected chi connectivity index (χ4v) is 3.35. The number of rotatable bonds is 6. The van der Waals surface area contributed by atoms with Gasteiger partial charge in [0.25, 0.3) is 0 Å². The maximum atomic E-state index is 12.1. The predicted molar refractivity (Wildman–Crippen MR) is 90.2 cm³/mol. The molecule has 1 aromatic rings. The molecular formula is C16H21ClN2O2S. The van der Waals surface area contributed by atoms with Gasteiger partial charge in [0.1, 0.15) is 0 Å². The van der Waals surface area contributed by atoms with Crippen LogP contribution in [-0.4, -0.2) is 42.1 Å². The van der Waals surface area contributed by atoms with E-state index < -0.39 is 0 Å². The van der Waals surface area contributed by atoms with Crippen LogP contribution in [0.1, 0.15) is 19.8 Å². The first-order valence-corrected chi connectivity index (χ1v) is 8.90. The van der Waals surface area contributed by atoms with Crippen molar-refractivity contribution in [3.63, 3.8) is 0 Å². The standard InChI is InChI=1S/C16H21ClN2O2S/c1-2-19-11-12(3-8-15(19)20)16(21)18-9-10-22-14-6-4-13(17)5-7-14/h4-7,12H,2-3,8-11H2,1H3,(H,18,21)/t12-/m0/s1. The molecule has 0 spiro atoms. The van der Waals surface area contributed by atoms with Gasteiger partial charge in [-0.05, 0) is 37.6 Å². The van der Waals surface area contributed by atoms with Crippen molar-refractivity contribution in [1.29, 1.82) is 0 Å². The van der Waals surface area contributed by atoms with Gasteiger partial charge in [0.05, 0.1) is 5.92 Å². The molecule has 4 nitrogen and oxygen atoms in total. The Hall–Kier alpha value is -1.20. The van der Waals surface area contributed by atoms with Crippen molar-refractivity contribution < 1.29 is 9.59 Å². The number of hydrogen-bond acceptors (Lipinski definition) is 3. The average molecular weight is 341 g/mol. The van der Waals surface area contributed by atoms with E-state index in [0.717, 1.165) is 15.7 Å². The van der Waals surface area contributed by atoms with E-state index in [4.69, 9.17) is 11.6 Å². The number of piperidine rings is 1. The molecule has 1 aliphatic heterocycles. The molecule has 2 rings (SSSR count). The Balaban J connectivity index is 1.69. The van der Waals surface area contributed by atoms with Gasteiger partial charge in [-0.25, -0.2) is 0 Å². The quantitative estimate of drug-likeness (QED) is 0.640. The molecule has 0 saturated carbocycles. The highest BCUT2D eigenvalue weighted by Gasteiger charge is 2.28. The predicted octanol–water partition coefficient (Wildman–Crippen LogP) is 2.81. The molecule has 1 N–H and O–H groups in total. The van der Waals surface area contributed by atoms with Gasteiger partial charge in [0, 0.05) is 41.7 Å². The molecule has 0 bridgehead atoms. The van der Waals surface area contributed by atoms with Gasteiger partial charge in [0.15, 0.2) is 0 Å². The third-order valence-electron chi connectivity index (χ3n) is 3.74. The van der Waals surface area contributed by atoms with Crippen molar-refractivity contribution in [2.24, 2.45) is 5.92 Å². The van der Waals surface area contributed by atoms with E-state index in [1.165, 1.54) is 0 Å². The van der Waals surface area contributed by atoms with Crippen molar-refractivity contribution in [1.82, 2.24) is 10.2 Å². The number of nitrogens with zero attached hydrogens (tertiary/aromatic N) is 1. The first kappa shape index (κ1) is 17.2. The molecule has 0 aliphatic carbocycles. The van der Waals surface area contributed by atoms with Crippen LogP contribution in [0.15, 0.2) is 29.2 Å². The number of carbonyl (C=O) groups excluding carboxylic acids is 2. The van der Waals surface area contributed by atoms with Crippen molar-refractivity contribution >= 4 is 35.2 Å². The molecule has 1 atom stereocenters. The third-order valence-corrected chi connectivity index (χ3v) is 5.00. The molecule has 1 aromatic carbocycles. The second kappa shape index (κ2) is 8.44. The maximum absolute atomic E-state index is 12.1. The smallest absolute Gasteiger partial charge is 0.224 e. The minimum Gasteiger partial charge on any atom is -0.355 e. The van der Waals surface area contributed by atoms with Crippen LogP contribution < -0.4 is 5.32 Å². The van der Waals surface area contributed by atoms with Gasteiger partial charge in [-0.3, -0.25) is 9.59 Å². The summed E-state index contributed by atoms with van der Waals surface area (Å²) in [6.07, 6.45) is 1.14. The number of benzene rings is 1.